The molecule has 0 atom stereocenters. The lowest BCUT2D eigenvalue weighted by molar-refractivity contribution is 0.869. The van der Waals surface area contributed by atoms with Crippen molar-refractivity contribution in [3.05, 3.63) is 41.7 Å². The zero-order valence-corrected chi connectivity index (χ0v) is 9.94. The van der Waals surface area contributed by atoms with Crippen LogP contribution in [0.25, 0.3) is 0 Å². The van der Waals surface area contributed by atoms with Gasteiger partial charge < -0.3 is 10.6 Å². The van der Waals surface area contributed by atoms with E-state index in [4.69, 9.17) is 0 Å². The molecule has 6 N–H and O–H groups in total. The first-order valence-corrected chi connectivity index (χ1v) is 5.42. The third kappa shape index (κ3) is 3.18. The molecule has 0 amide bonds. The van der Waals surface area contributed by atoms with E-state index in [1.807, 2.05) is 9.97 Å². The van der Waals surface area contributed by atoms with E-state index in [0.29, 0.717) is 0 Å². The molecule has 2 aromatic rings. The van der Waals surface area contributed by atoms with Gasteiger partial charge in [-0.2, -0.15) is 0 Å². The van der Waals surface area contributed by atoms with E-state index in [2.05, 4.69) is 31.0 Å². The lowest BCUT2D eigenvalue weighted by atomic mass is 10.5. The Morgan fingerprint density at radius 2 is 1.15 bits per heavy atom. The molecule has 12 heteroatoms. The highest BCUT2D eigenvalue weighted by atomic mass is 16.2. The van der Waals surface area contributed by atoms with Gasteiger partial charge in [-0.05, 0) is 0 Å². The molecule has 0 aliphatic carbocycles. The number of hydrogen-bond acceptors (Lipinski definition) is 8. The maximum atomic E-state index is 11.3. The molecule has 0 aliphatic rings. The molecule has 2 rings (SSSR count). The summed E-state index contributed by atoms with van der Waals surface area (Å²) < 4.78 is 0. The van der Waals surface area contributed by atoms with Crippen molar-refractivity contribution in [1.82, 2.24) is 30.4 Å². The van der Waals surface area contributed by atoms with Crippen LogP contribution in [0.3, 0.4) is 0 Å². The summed E-state index contributed by atoms with van der Waals surface area (Å²) in [7, 11) is 0. The fourth-order valence-corrected chi connectivity index (χ4v) is 1.30. The largest absolute Gasteiger partial charge is 0.362 e. The van der Waals surface area contributed by atoms with E-state index < -0.39 is 22.5 Å². The SMILES string of the molecule is O=c1[nH]nc(NCCNc2n[nH]c(=O)[nH]c2=O)c(=O)[nH]1. The molecule has 0 fully saturated rings. The Bertz CT molecular complexity index is 745. The first-order chi connectivity index (χ1) is 9.56. The molecule has 0 aromatic carbocycles. The molecule has 12 nitrogen and oxygen atoms in total. The number of aromatic nitrogens is 6. The van der Waals surface area contributed by atoms with Crippen LogP contribution in [0.15, 0.2) is 19.2 Å². The summed E-state index contributed by atoms with van der Waals surface area (Å²) in [5.41, 5.74) is -2.73. The third-order valence-corrected chi connectivity index (χ3v) is 2.13. The van der Waals surface area contributed by atoms with Crippen molar-refractivity contribution >= 4 is 11.6 Å². The summed E-state index contributed by atoms with van der Waals surface area (Å²) in [6.07, 6.45) is 0. The molecule has 0 saturated carbocycles. The molecule has 2 aromatic heterocycles. The van der Waals surface area contributed by atoms with Gasteiger partial charge >= 0.3 is 11.4 Å². The maximum Gasteiger partial charge on any atom is 0.342 e. The third-order valence-electron chi connectivity index (χ3n) is 2.13. The molecule has 0 radical (unpaired) electrons. The van der Waals surface area contributed by atoms with Crippen molar-refractivity contribution in [3.63, 3.8) is 0 Å². The summed E-state index contributed by atoms with van der Waals surface area (Å²) in [6, 6.07) is 0. The molecular formula is C8H10N8O4. The van der Waals surface area contributed by atoms with Gasteiger partial charge in [0.05, 0.1) is 0 Å². The molecule has 106 valence electrons. The van der Waals surface area contributed by atoms with Crippen LogP contribution in [0, 0.1) is 0 Å². The van der Waals surface area contributed by atoms with Gasteiger partial charge in [-0.3, -0.25) is 19.6 Å². The normalized spacial score (nSPS) is 10.2. The van der Waals surface area contributed by atoms with Gasteiger partial charge in [0.1, 0.15) is 0 Å². The lowest BCUT2D eigenvalue weighted by Crippen LogP contribution is -2.30. The van der Waals surface area contributed by atoms with Crippen LogP contribution in [0.4, 0.5) is 11.6 Å². The number of nitrogens with one attached hydrogen (secondary N) is 6. The quantitative estimate of drug-likeness (QED) is 0.309. The number of hydrogen-bond donors (Lipinski definition) is 6. The molecule has 0 bridgehead atoms. The van der Waals surface area contributed by atoms with Crippen LogP contribution in [-0.2, 0) is 0 Å². The average Bonchev–Trinajstić information content (AvgIpc) is 2.39. The Hall–Kier alpha value is -3.18. The summed E-state index contributed by atoms with van der Waals surface area (Å²) in [4.78, 5) is 48.0. The molecule has 0 aliphatic heterocycles. The van der Waals surface area contributed by atoms with Gasteiger partial charge in [0, 0.05) is 13.1 Å². The summed E-state index contributed by atoms with van der Waals surface area (Å²) >= 11 is 0. The molecular weight excluding hydrogens is 272 g/mol. The molecule has 0 unspecified atom stereocenters. The van der Waals surface area contributed by atoms with E-state index in [1.54, 1.807) is 0 Å². The topological polar surface area (TPSA) is 181 Å². The number of nitrogens with zero attached hydrogens (tertiary/aromatic N) is 2. The van der Waals surface area contributed by atoms with Gasteiger partial charge in [-0.15, -0.1) is 10.2 Å². The second-order valence-corrected chi connectivity index (χ2v) is 3.56. The molecule has 0 saturated heterocycles. The summed E-state index contributed by atoms with van der Waals surface area (Å²) in [5.74, 6) is -0.121. The molecule has 20 heavy (non-hydrogen) atoms. The predicted octanol–water partition coefficient (Wildman–Crippen LogP) is -3.25. The predicted molar refractivity (Wildman–Crippen MR) is 67.9 cm³/mol. The van der Waals surface area contributed by atoms with Crippen molar-refractivity contribution in [3.8, 4) is 0 Å². The van der Waals surface area contributed by atoms with Gasteiger partial charge in [-0.1, -0.05) is 0 Å². The van der Waals surface area contributed by atoms with Crippen molar-refractivity contribution in [2.24, 2.45) is 0 Å². The summed E-state index contributed by atoms with van der Waals surface area (Å²) in [6.45, 7) is 0.449. The van der Waals surface area contributed by atoms with Gasteiger partial charge in [0.15, 0.2) is 0 Å². The number of H-pyrrole nitrogens is 4. The second kappa shape index (κ2) is 5.64. The van der Waals surface area contributed by atoms with Gasteiger partial charge in [-0.25, -0.2) is 19.8 Å². The van der Waals surface area contributed by atoms with Crippen molar-refractivity contribution < 1.29 is 0 Å². The maximum absolute atomic E-state index is 11.3. The second-order valence-electron chi connectivity index (χ2n) is 3.56. The van der Waals surface area contributed by atoms with Crippen molar-refractivity contribution in [1.29, 1.82) is 0 Å². The average molecular weight is 282 g/mol. The fourth-order valence-electron chi connectivity index (χ4n) is 1.30. The van der Waals surface area contributed by atoms with Crippen LogP contribution in [-0.4, -0.2) is 43.5 Å². The van der Waals surface area contributed by atoms with E-state index in [9.17, 15) is 19.2 Å². The van der Waals surface area contributed by atoms with E-state index >= 15 is 0 Å². The van der Waals surface area contributed by atoms with E-state index in [0.717, 1.165) is 0 Å². The highest BCUT2D eigenvalue weighted by molar-refractivity contribution is 5.31. The number of rotatable bonds is 5. The number of anilines is 2. The van der Waals surface area contributed by atoms with Crippen molar-refractivity contribution in [2.75, 3.05) is 23.7 Å². The minimum absolute atomic E-state index is 0.0604. The zero-order valence-electron chi connectivity index (χ0n) is 9.94. The standard InChI is InChI=1S/C8H10N8O4/c17-5-3(13-15-7(19)11-5)9-1-2-10-4-6(18)12-8(20)16-14-4/h1-2H2,(H,9,13)(H,10,14)(H2,11,15,17,19)(H2,12,16,18,20). The molecule has 0 spiro atoms. The van der Waals surface area contributed by atoms with Gasteiger partial charge in [0.2, 0.25) is 11.6 Å². The van der Waals surface area contributed by atoms with Crippen LogP contribution in [0.5, 0.6) is 0 Å². The molecule has 2 heterocycles. The lowest BCUT2D eigenvalue weighted by Gasteiger charge is -2.05. The minimum atomic E-state index is -0.706. The van der Waals surface area contributed by atoms with Gasteiger partial charge in [0.25, 0.3) is 11.1 Å². The van der Waals surface area contributed by atoms with E-state index in [1.165, 1.54) is 0 Å². The van der Waals surface area contributed by atoms with E-state index in [-0.39, 0.29) is 24.7 Å². The Balaban J connectivity index is 1.90. The first kappa shape index (κ1) is 13.3. The fraction of sp³-hybridized carbons (Fsp3) is 0.250. The Kier molecular flexibility index (Phi) is 3.74. The monoisotopic (exact) mass is 282 g/mol. The number of aromatic amines is 4. The van der Waals surface area contributed by atoms with Crippen LogP contribution in [0.1, 0.15) is 0 Å². The zero-order chi connectivity index (χ0) is 14.5. The smallest absolute Gasteiger partial charge is 0.342 e. The minimum Gasteiger partial charge on any atom is -0.362 e. The highest BCUT2D eigenvalue weighted by Crippen LogP contribution is 1.87. The Morgan fingerprint density at radius 3 is 1.50 bits per heavy atom. The van der Waals surface area contributed by atoms with Crippen LogP contribution < -0.4 is 33.1 Å². The van der Waals surface area contributed by atoms with Crippen molar-refractivity contribution in [2.45, 2.75) is 0 Å². The Labute approximate surface area is 108 Å². The Morgan fingerprint density at radius 1 is 0.750 bits per heavy atom. The highest BCUT2D eigenvalue weighted by Gasteiger charge is 2.02. The summed E-state index contributed by atoms with van der Waals surface area (Å²) in [5, 5.41) is 16.4. The first-order valence-electron chi connectivity index (χ1n) is 5.42. The van der Waals surface area contributed by atoms with Crippen LogP contribution >= 0.6 is 0 Å². The van der Waals surface area contributed by atoms with Crippen LogP contribution in [0.2, 0.25) is 0 Å².